The molecule has 0 aromatic rings. The molecule has 0 bridgehead atoms. The number of fused-ring (bicyclic) bond motifs is 5. The van der Waals surface area contributed by atoms with Crippen molar-refractivity contribution in [1.82, 2.24) is 0 Å². The average molecular weight is 387 g/mol. The second-order valence-corrected chi connectivity index (χ2v) is 11.2. The molecule has 0 amide bonds. The largest absolute Gasteiger partial charge is 0.300 e. The van der Waals surface area contributed by atoms with Crippen LogP contribution in [-0.4, -0.2) is 5.78 Å². The fourth-order valence-corrected chi connectivity index (χ4v) is 8.48. The Morgan fingerprint density at radius 3 is 2.39 bits per heavy atom. The summed E-state index contributed by atoms with van der Waals surface area (Å²) in [5.74, 6) is 5.37. The van der Waals surface area contributed by atoms with Gasteiger partial charge in [-0.2, -0.15) is 0 Å². The first-order chi connectivity index (χ1) is 13.4. The third kappa shape index (κ3) is 4.01. The van der Waals surface area contributed by atoms with Crippen LogP contribution in [0.25, 0.3) is 0 Å². The lowest BCUT2D eigenvalue weighted by molar-refractivity contribution is -0.117. The summed E-state index contributed by atoms with van der Waals surface area (Å²) in [4.78, 5) is 11.3. The number of hydrogen-bond acceptors (Lipinski definition) is 1. The number of hydrogen-bond donors (Lipinski definition) is 0. The minimum atomic E-state index is 0.381. The molecule has 0 saturated heterocycles. The fraction of sp³-hybridized carbons (Fsp3) is 0.889. The lowest BCUT2D eigenvalue weighted by atomic mass is 9.45. The van der Waals surface area contributed by atoms with Crippen LogP contribution in [0.1, 0.15) is 111 Å². The predicted octanol–water partition coefficient (Wildman–Crippen LogP) is 7.99. The number of allylic oxidation sites excluding steroid dienone is 1. The summed E-state index contributed by atoms with van der Waals surface area (Å²) in [6.45, 7) is 12.3. The molecule has 0 heterocycles. The smallest absolute Gasteiger partial charge is 0.129 e. The summed E-state index contributed by atoms with van der Waals surface area (Å²) in [5, 5.41) is 0. The Balaban J connectivity index is 0.000000706. The van der Waals surface area contributed by atoms with Gasteiger partial charge in [0.05, 0.1) is 0 Å². The summed E-state index contributed by atoms with van der Waals surface area (Å²) < 4.78 is 0. The molecular weight excluding hydrogens is 340 g/mol. The molecule has 0 N–H and O–H groups in total. The van der Waals surface area contributed by atoms with Gasteiger partial charge in [-0.25, -0.2) is 0 Å². The van der Waals surface area contributed by atoms with Crippen LogP contribution in [-0.2, 0) is 4.79 Å². The van der Waals surface area contributed by atoms with Crippen LogP contribution in [0.4, 0.5) is 0 Å². The Bertz CT molecular complexity index is 550. The van der Waals surface area contributed by atoms with Crippen molar-refractivity contribution in [2.45, 2.75) is 111 Å². The van der Waals surface area contributed by atoms with E-state index in [-0.39, 0.29) is 0 Å². The van der Waals surface area contributed by atoms with Gasteiger partial charge < -0.3 is 4.79 Å². The third-order valence-corrected chi connectivity index (χ3v) is 9.86. The Kier molecular flexibility index (Phi) is 7.14. The van der Waals surface area contributed by atoms with Gasteiger partial charge in [0.1, 0.15) is 5.78 Å². The molecule has 0 aromatic heterocycles. The lowest BCUT2D eigenvalue weighted by Gasteiger charge is -2.60. The molecule has 0 spiro atoms. The molecule has 7 unspecified atom stereocenters. The minimum absolute atomic E-state index is 0.381. The van der Waals surface area contributed by atoms with Crippen molar-refractivity contribution in [1.29, 1.82) is 0 Å². The van der Waals surface area contributed by atoms with E-state index < -0.39 is 0 Å². The highest BCUT2D eigenvalue weighted by atomic mass is 16.1. The number of rotatable bonds is 4. The normalized spacial score (nSPS) is 44.4. The van der Waals surface area contributed by atoms with E-state index in [0.717, 1.165) is 42.4 Å². The van der Waals surface area contributed by atoms with Crippen LogP contribution >= 0.6 is 0 Å². The van der Waals surface area contributed by atoms with Crippen molar-refractivity contribution in [2.75, 3.05) is 0 Å². The summed E-state index contributed by atoms with van der Waals surface area (Å²) in [6, 6.07) is 0. The lowest BCUT2D eigenvalue weighted by Crippen LogP contribution is -2.52. The van der Waals surface area contributed by atoms with Gasteiger partial charge in [-0.05, 0) is 118 Å². The first-order valence-electron chi connectivity index (χ1n) is 12.4. The van der Waals surface area contributed by atoms with Crippen molar-refractivity contribution < 1.29 is 4.79 Å². The van der Waals surface area contributed by atoms with Crippen molar-refractivity contribution in [3.05, 3.63) is 12.7 Å². The summed E-state index contributed by atoms with van der Waals surface area (Å²) >= 11 is 0. The molecule has 28 heavy (non-hydrogen) atoms. The van der Waals surface area contributed by atoms with Gasteiger partial charge in [-0.3, -0.25) is 0 Å². The van der Waals surface area contributed by atoms with Crippen molar-refractivity contribution in [3.8, 4) is 0 Å². The van der Waals surface area contributed by atoms with E-state index in [4.69, 9.17) is 0 Å². The van der Waals surface area contributed by atoms with Gasteiger partial charge in [0.15, 0.2) is 0 Å². The summed E-state index contributed by atoms with van der Waals surface area (Å²) in [7, 11) is 0. The molecule has 4 saturated carbocycles. The summed E-state index contributed by atoms with van der Waals surface area (Å²) in [6.07, 6.45) is 20.0. The van der Waals surface area contributed by atoms with Gasteiger partial charge in [0.25, 0.3) is 0 Å². The zero-order valence-electron chi connectivity index (χ0n) is 19.3. The second-order valence-electron chi connectivity index (χ2n) is 11.2. The highest BCUT2D eigenvalue weighted by molar-refractivity contribution is 5.75. The molecule has 4 rings (SSSR count). The average Bonchev–Trinajstić information content (AvgIpc) is 2.98. The van der Waals surface area contributed by atoms with Crippen molar-refractivity contribution in [3.63, 3.8) is 0 Å². The quantitative estimate of drug-likeness (QED) is 0.447. The summed E-state index contributed by atoms with van der Waals surface area (Å²) in [5.41, 5.74) is 1.27. The van der Waals surface area contributed by atoms with Gasteiger partial charge in [0.2, 0.25) is 0 Å². The number of carbonyl (C=O) groups excluding carboxylic acids is 1. The number of carbonyl (C=O) groups is 1. The predicted molar refractivity (Wildman–Crippen MR) is 120 cm³/mol. The zero-order valence-corrected chi connectivity index (χ0v) is 19.3. The molecule has 1 nitrogen and oxygen atoms in total. The van der Waals surface area contributed by atoms with E-state index in [1.165, 1.54) is 70.6 Å². The molecule has 0 radical (unpaired) electrons. The van der Waals surface area contributed by atoms with Crippen LogP contribution in [0.15, 0.2) is 12.7 Å². The van der Waals surface area contributed by atoms with E-state index in [1.54, 1.807) is 13.0 Å². The standard InChI is InChI=1S/C24H40O.C3H6/c1-17(25)7-6-9-19-11-13-21-20-12-10-18-8-4-5-15-23(18,2)22(20)14-16-24(19,21)3;1-3-2/h18-22H,4-16H2,1-3H3;3H,1H2,2H3. The monoisotopic (exact) mass is 386 g/mol. The molecule has 0 aromatic carbocycles. The SMILES string of the molecule is C=CC.CC(=O)CCCC1CCC2C3CCC4CCCCC4(C)C3CCC12C. The highest BCUT2D eigenvalue weighted by Gasteiger charge is 2.59. The molecule has 4 aliphatic rings. The van der Waals surface area contributed by atoms with Crippen LogP contribution in [0, 0.1) is 40.4 Å². The Labute approximate surface area is 175 Å². The van der Waals surface area contributed by atoms with E-state index in [9.17, 15) is 4.79 Å². The molecule has 0 aliphatic heterocycles. The van der Waals surface area contributed by atoms with Crippen LogP contribution in [0.2, 0.25) is 0 Å². The van der Waals surface area contributed by atoms with E-state index in [1.807, 2.05) is 6.92 Å². The maximum atomic E-state index is 11.3. The van der Waals surface area contributed by atoms with Gasteiger partial charge in [-0.15, -0.1) is 6.58 Å². The van der Waals surface area contributed by atoms with Crippen molar-refractivity contribution >= 4 is 5.78 Å². The highest BCUT2D eigenvalue weighted by Crippen LogP contribution is 2.67. The second kappa shape index (κ2) is 9.05. The first kappa shape index (κ1) is 22.1. The fourth-order valence-electron chi connectivity index (χ4n) is 8.48. The Morgan fingerprint density at radius 1 is 0.964 bits per heavy atom. The molecule has 4 fully saturated rings. The van der Waals surface area contributed by atoms with Crippen LogP contribution in [0.3, 0.4) is 0 Å². The van der Waals surface area contributed by atoms with Gasteiger partial charge in [0, 0.05) is 6.42 Å². The van der Waals surface area contributed by atoms with E-state index in [2.05, 4.69) is 20.4 Å². The Morgan fingerprint density at radius 2 is 1.68 bits per heavy atom. The van der Waals surface area contributed by atoms with E-state index >= 15 is 0 Å². The number of ketones is 1. The third-order valence-electron chi connectivity index (χ3n) is 9.86. The topological polar surface area (TPSA) is 17.1 Å². The molecule has 4 aliphatic carbocycles. The maximum Gasteiger partial charge on any atom is 0.129 e. The molecular formula is C27H46O. The van der Waals surface area contributed by atoms with Crippen molar-refractivity contribution in [2.24, 2.45) is 40.4 Å². The van der Waals surface area contributed by atoms with E-state index in [0.29, 0.717) is 16.6 Å². The van der Waals surface area contributed by atoms with Crippen LogP contribution < -0.4 is 0 Å². The first-order valence-corrected chi connectivity index (χ1v) is 12.4. The zero-order chi connectivity index (χ0) is 20.4. The van der Waals surface area contributed by atoms with Gasteiger partial charge >= 0.3 is 0 Å². The van der Waals surface area contributed by atoms with Crippen LogP contribution in [0.5, 0.6) is 0 Å². The molecule has 160 valence electrons. The Hall–Kier alpha value is -0.590. The van der Waals surface area contributed by atoms with Gasteiger partial charge in [-0.1, -0.05) is 32.8 Å². The molecule has 7 atom stereocenters. The maximum absolute atomic E-state index is 11.3. The number of Topliss-reactive ketones (excluding diaryl/α,β-unsaturated/α-hetero) is 1. The molecule has 1 heteroatoms. The minimum Gasteiger partial charge on any atom is -0.300 e.